The van der Waals surface area contributed by atoms with Crippen molar-refractivity contribution in [2.75, 3.05) is 0 Å². The summed E-state index contributed by atoms with van der Waals surface area (Å²) in [5, 5.41) is 12.7. The van der Waals surface area contributed by atoms with Crippen LogP contribution < -0.4 is 5.32 Å². The molecule has 0 heterocycles. The smallest absolute Gasteiger partial charge is 0.0526 e. The van der Waals surface area contributed by atoms with E-state index >= 15 is 0 Å². The molecule has 1 rings (SSSR count). The van der Waals surface area contributed by atoms with Crippen LogP contribution in [0.4, 0.5) is 0 Å². The largest absolute Gasteiger partial charge is 0.393 e. The minimum atomic E-state index is -0.172. The number of aliphatic hydroxyl groups is 1. The number of rotatable bonds is 4. The number of nitrogens with one attached hydrogen (secondary N) is 1. The van der Waals surface area contributed by atoms with Crippen molar-refractivity contribution in [2.45, 2.75) is 64.1 Å². The molecule has 2 unspecified atom stereocenters. The monoisotopic (exact) mass is 171 g/mol. The predicted octanol–water partition coefficient (Wildman–Crippen LogP) is 1.68. The Labute approximate surface area is 75.4 Å². The molecule has 1 aliphatic carbocycles. The second-order valence-electron chi connectivity index (χ2n) is 4.13. The van der Waals surface area contributed by atoms with Gasteiger partial charge in [0.15, 0.2) is 0 Å². The first-order valence-electron chi connectivity index (χ1n) is 5.12. The van der Waals surface area contributed by atoms with Crippen LogP contribution in [0.1, 0.15) is 46.0 Å². The van der Waals surface area contributed by atoms with E-state index in [1.165, 1.54) is 25.7 Å². The summed E-state index contributed by atoms with van der Waals surface area (Å²) in [4.78, 5) is 0. The topological polar surface area (TPSA) is 32.3 Å². The molecule has 72 valence electrons. The second kappa shape index (κ2) is 4.83. The zero-order chi connectivity index (χ0) is 8.97. The summed E-state index contributed by atoms with van der Waals surface area (Å²) in [6.45, 7) is 4.01. The van der Waals surface area contributed by atoms with Crippen molar-refractivity contribution in [3.8, 4) is 0 Å². The summed E-state index contributed by atoms with van der Waals surface area (Å²) in [6.07, 6.45) is 6.09. The number of aliphatic hydroxyl groups excluding tert-OH is 1. The van der Waals surface area contributed by atoms with E-state index in [0.29, 0.717) is 6.04 Å². The molecule has 0 spiro atoms. The molecular formula is C10H21NO. The molecule has 1 saturated carbocycles. The lowest BCUT2D eigenvalue weighted by atomic mass is 10.1. The molecule has 0 aromatic carbocycles. The van der Waals surface area contributed by atoms with Crippen molar-refractivity contribution in [1.82, 2.24) is 5.32 Å². The molecule has 0 amide bonds. The van der Waals surface area contributed by atoms with Crippen LogP contribution >= 0.6 is 0 Å². The SMILES string of the molecule is CC(O)CC(C)NC1CCCC1. The third-order valence-electron chi connectivity index (χ3n) is 2.57. The normalized spacial score (nSPS) is 24.2. The second-order valence-corrected chi connectivity index (χ2v) is 4.13. The van der Waals surface area contributed by atoms with Crippen molar-refractivity contribution < 1.29 is 5.11 Å². The molecule has 1 fully saturated rings. The Balaban J connectivity index is 2.11. The molecular weight excluding hydrogens is 150 g/mol. The van der Waals surface area contributed by atoms with Crippen molar-refractivity contribution in [1.29, 1.82) is 0 Å². The molecule has 2 N–H and O–H groups in total. The van der Waals surface area contributed by atoms with Gasteiger partial charge >= 0.3 is 0 Å². The molecule has 1 aliphatic rings. The van der Waals surface area contributed by atoms with Gasteiger partial charge < -0.3 is 10.4 Å². The lowest BCUT2D eigenvalue weighted by molar-refractivity contribution is 0.168. The first-order chi connectivity index (χ1) is 5.68. The number of hydrogen-bond donors (Lipinski definition) is 2. The predicted molar refractivity (Wildman–Crippen MR) is 51.2 cm³/mol. The van der Waals surface area contributed by atoms with Gasteiger partial charge in [-0.3, -0.25) is 0 Å². The summed E-state index contributed by atoms with van der Waals surface area (Å²) in [5.74, 6) is 0. The van der Waals surface area contributed by atoms with Crippen LogP contribution in [0.5, 0.6) is 0 Å². The van der Waals surface area contributed by atoms with E-state index in [1.54, 1.807) is 0 Å². The zero-order valence-corrected chi connectivity index (χ0v) is 8.21. The third-order valence-corrected chi connectivity index (χ3v) is 2.57. The Morgan fingerprint density at radius 2 is 1.92 bits per heavy atom. The summed E-state index contributed by atoms with van der Waals surface area (Å²) in [6, 6.07) is 1.19. The molecule has 0 saturated heterocycles. The molecule has 2 nitrogen and oxygen atoms in total. The van der Waals surface area contributed by atoms with Gasteiger partial charge in [0.1, 0.15) is 0 Å². The first-order valence-corrected chi connectivity index (χ1v) is 5.12. The van der Waals surface area contributed by atoms with Crippen molar-refractivity contribution >= 4 is 0 Å². The Bertz CT molecular complexity index is 119. The van der Waals surface area contributed by atoms with Crippen LogP contribution in [0, 0.1) is 0 Å². The van der Waals surface area contributed by atoms with Gasteiger partial charge in [-0.15, -0.1) is 0 Å². The highest BCUT2D eigenvalue weighted by molar-refractivity contribution is 4.77. The Kier molecular flexibility index (Phi) is 4.02. The maximum absolute atomic E-state index is 9.16. The molecule has 0 radical (unpaired) electrons. The van der Waals surface area contributed by atoms with E-state index < -0.39 is 0 Å². The molecule has 0 bridgehead atoms. The van der Waals surface area contributed by atoms with Gasteiger partial charge in [0.05, 0.1) is 6.10 Å². The summed E-state index contributed by atoms with van der Waals surface area (Å²) in [5.41, 5.74) is 0. The Morgan fingerprint density at radius 1 is 1.33 bits per heavy atom. The van der Waals surface area contributed by atoms with E-state index in [0.717, 1.165) is 12.5 Å². The molecule has 0 aromatic heterocycles. The van der Waals surface area contributed by atoms with E-state index in [4.69, 9.17) is 5.11 Å². The fourth-order valence-electron chi connectivity index (χ4n) is 2.07. The van der Waals surface area contributed by atoms with Crippen molar-refractivity contribution in [3.05, 3.63) is 0 Å². The van der Waals surface area contributed by atoms with Crippen LogP contribution in [0.2, 0.25) is 0 Å². The van der Waals surface area contributed by atoms with E-state index in [-0.39, 0.29) is 6.10 Å². The van der Waals surface area contributed by atoms with E-state index in [2.05, 4.69) is 12.2 Å². The Morgan fingerprint density at radius 3 is 2.42 bits per heavy atom. The minimum absolute atomic E-state index is 0.172. The van der Waals surface area contributed by atoms with Crippen molar-refractivity contribution in [2.24, 2.45) is 0 Å². The van der Waals surface area contributed by atoms with Crippen LogP contribution in [-0.2, 0) is 0 Å². The number of hydrogen-bond acceptors (Lipinski definition) is 2. The summed E-state index contributed by atoms with van der Waals surface area (Å²) >= 11 is 0. The maximum atomic E-state index is 9.16. The average Bonchev–Trinajstić information content (AvgIpc) is 2.37. The highest BCUT2D eigenvalue weighted by Crippen LogP contribution is 2.18. The molecule has 12 heavy (non-hydrogen) atoms. The van der Waals surface area contributed by atoms with Gasteiger partial charge in [-0.1, -0.05) is 12.8 Å². The van der Waals surface area contributed by atoms with Gasteiger partial charge in [-0.05, 0) is 33.1 Å². The lowest BCUT2D eigenvalue weighted by Gasteiger charge is -2.20. The zero-order valence-electron chi connectivity index (χ0n) is 8.21. The van der Waals surface area contributed by atoms with Gasteiger partial charge in [-0.2, -0.15) is 0 Å². The third kappa shape index (κ3) is 3.55. The fraction of sp³-hybridized carbons (Fsp3) is 1.00. The van der Waals surface area contributed by atoms with Crippen LogP contribution in [0.15, 0.2) is 0 Å². The highest BCUT2D eigenvalue weighted by Gasteiger charge is 2.17. The van der Waals surface area contributed by atoms with Crippen LogP contribution in [0.25, 0.3) is 0 Å². The highest BCUT2D eigenvalue weighted by atomic mass is 16.3. The van der Waals surface area contributed by atoms with Gasteiger partial charge in [0.2, 0.25) is 0 Å². The van der Waals surface area contributed by atoms with Gasteiger partial charge in [-0.25, -0.2) is 0 Å². The molecule has 0 aliphatic heterocycles. The first kappa shape index (κ1) is 10.0. The van der Waals surface area contributed by atoms with Gasteiger partial charge in [0.25, 0.3) is 0 Å². The minimum Gasteiger partial charge on any atom is -0.393 e. The van der Waals surface area contributed by atoms with Crippen LogP contribution in [0.3, 0.4) is 0 Å². The standard InChI is InChI=1S/C10H21NO/c1-8(7-9(2)12)11-10-5-3-4-6-10/h8-12H,3-7H2,1-2H3. The fourth-order valence-corrected chi connectivity index (χ4v) is 2.07. The molecule has 2 heteroatoms. The van der Waals surface area contributed by atoms with Crippen LogP contribution in [-0.4, -0.2) is 23.3 Å². The van der Waals surface area contributed by atoms with E-state index in [1.807, 2.05) is 6.92 Å². The maximum Gasteiger partial charge on any atom is 0.0526 e. The average molecular weight is 171 g/mol. The van der Waals surface area contributed by atoms with Gasteiger partial charge in [0, 0.05) is 12.1 Å². The lowest BCUT2D eigenvalue weighted by Crippen LogP contribution is -2.36. The summed E-state index contributed by atoms with van der Waals surface area (Å²) < 4.78 is 0. The van der Waals surface area contributed by atoms with E-state index in [9.17, 15) is 0 Å². The Hall–Kier alpha value is -0.0800. The quantitative estimate of drug-likeness (QED) is 0.674. The summed E-state index contributed by atoms with van der Waals surface area (Å²) in [7, 11) is 0. The van der Waals surface area contributed by atoms with Crippen molar-refractivity contribution in [3.63, 3.8) is 0 Å². The molecule has 2 atom stereocenters. The molecule has 0 aromatic rings.